The number of methoxy groups -OCH3 is 1. The number of nitrogens with one attached hydrogen (secondary N) is 1. The quantitative estimate of drug-likeness (QED) is 0.286. The number of cyclic esters (lactones) is 1. The summed E-state index contributed by atoms with van der Waals surface area (Å²) in [6.07, 6.45) is 3.69. The number of Topliss-reactive ketones (excluding diaryl/α,β-unsaturated/α-hetero) is 1. The molecule has 0 aromatic rings. The average molecular weight is 707 g/mol. The molecule has 11 atom stereocenters. The number of ether oxygens (including phenoxy) is 4. The minimum atomic E-state index is -1.46. The lowest BCUT2D eigenvalue weighted by Gasteiger charge is -2.48. The van der Waals surface area contributed by atoms with Gasteiger partial charge in [-0.15, -0.1) is 0 Å². The highest BCUT2D eigenvalue weighted by atomic mass is 16.7. The molecule has 2 saturated carbocycles. The highest BCUT2D eigenvalue weighted by Crippen LogP contribution is 2.39. The van der Waals surface area contributed by atoms with Crippen molar-refractivity contribution >= 4 is 17.7 Å². The molecule has 0 aromatic heterocycles. The summed E-state index contributed by atoms with van der Waals surface area (Å²) in [5.41, 5.74) is -2.41. The summed E-state index contributed by atoms with van der Waals surface area (Å²) in [6, 6.07) is 0.798. The smallest absolute Gasteiger partial charge is 0.319 e. The number of esters is 1. The Balaban J connectivity index is 1.32. The second-order valence-corrected chi connectivity index (χ2v) is 17.5. The lowest BCUT2D eigenvalue weighted by atomic mass is 9.74. The Morgan fingerprint density at radius 1 is 1.00 bits per heavy atom. The zero-order chi connectivity index (χ0) is 36.7. The predicted molar refractivity (Wildman–Crippen MR) is 189 cm³/mol. The molecule has 5 aliphatic rings. The van der Waals surface area contributed by atoms with Crippen LogP contribution in [0, 0.1) is 29.1 Å². The van der Waals surface area contributed by atoms with E-state index < -0.39 is 41.4 Å². The molecular formula is C38H66N4O8. The Bertz CT molecular complexity index is 1210. The Morgan fingerprint density at radius 3 is 2.28 bits per heavy atom. The number of ketones is 1. The molecule has 1 unspecified atom stereocenters. The van der Waals surface area contributed by atoms with E-state index in [1.807, 2.05) is 37.7 Å². The highest BCUT2D eigenvalue weighted by molar-refractivity contribution is 6.04. The summed E-state index contributed by atoms with van der Waals surface area (Å²) in [7, 11) is 7.52. The molecule has 0 radical (unpaired) electrons. The summed E-state index contributed by atoms with van der Waals surface area (Å²) in [5, 5.41) is 15.1. The SMILES string of the molecule is CO[C@]1(C)C[C@@H](C)CN(C)[C@H](C2CN(C(=O)[C@@H]3CCC(NC4CC4)C3)C2)COC(=O)C(C)(C)C(=O)[C@H](C)[C@H]1O[C@@H]1O[C@H](C)C[C@H](N(C)C)[C@H]1O. The fourth-order valence-electron chi connectivity index (χ4n) is 9.20. The number of hydrogen-bond acceptors (Lipinski definition) is 11. The third-order valence-corrected chi connectivity index (χ3v) is 12.5. The molecule has 286 valence electrons. The Labute approximate surface area is 300 Å². The molecule has 2 aliphatic carbocycles. The third kappa shape index (κ3) is 8.58. The molecule has 12 nitrogen and oxygen atoms in total. The fourth-order valence-corrected chi connectivity index (χ4v) is 9.20. The molecule has 0 spiro atoms. The Hall–Kier alpha value is -1.67. The second-order valence-electron chi connectivity index (χ2n) is 17.5. The number of likely N-dealkylation sites (tertiary alicyclic amines) is 1. The molecule has 0 aromatic carbocycles. The van der Waals surface area contributed by atoms with E-state index in [-0.39, 0.29) is 54.2 Å². The van der Waals surface area contributed by atoms with E-state index >= 15 is 0 Å². The molecule has 0 bridgehead atoms. The van der Waals surface area contributed by atoms with Gasteiger partial charge < -0.3 is 39.2 Å². The molecule has 5 rings (SSSR count). The summed E-state index contributed by atoms with van der Waals surface area (Å²) in [5.74, 6) is -1.10. The summed E-state index contributed by atoms with van der Waals surface area (Å²) in [6.45, 7) is 13.2. The van der Waals surface area contributed by atoms with Crippen LogP contribution in [0.5, 0.6) is 0 Å². The number of likely N-dealkylation sites (N-methyl/N-ethyl adjacent to an activating group) is 2. The summed E-state index contributed by atoms with van der Waals surface area (Å²) < 4.78 is 25.1. The van der Waals surface area contributed by atoms with Crippen LogP contribution in [-0.2, 0) is 33.3 Å². The van der Waals surface area contributed by atoms with Crippen LogP contribution < -0.4 is 5.32 Å². The van der Waals surface area contributed by atoms with Gasteiger partial charge in [0.05, 0.1) is 17.8 Å². The van der Waals surface area contributed by atoms with Crippen LogP contribution in [0.4, 0.5) is 0 Å². The normalized spacial score (nSPS) is 41.2. The van der Waals surface area contributed by atoms with Crippen molar-refractivity contribution in [1.82, 2.24) is 20.0 Å². The highest BCUT2D eigenvalue weighted by Gasteiger charge is 2.52. The van der Waals surface area contributed by atoms with Gasteiger partial charge in [-0.05, 0) is 99.7 Å². The van der Waals surface area contributed by atoms with Crippen LogP contribution in [0.15, 0.2) is 0 Å². The maximum atomic E-state index is 14.3. The van der Waals surface area contributed by atoms with Gasteiger partial charge in [0.1, 0.15) is 18.1 Å². The summed E-state index contributed by atoms with van der Waals surface area (Å²) >= 11 is 0. The van der Waals surface area contributed by atoms with E-state index in [4.69, 9.17) is 18.9 Å². The van der Waals surface area contributed by atoms with Crippen LogP contribution in [-0.4, -0.2) is 146 Å². The molecule has 12 heteroatoms. The van der Waals surface area contributed by atoms with Crippen molar-refractivity contribution in [3.05, 3.63) is 0 Å². The second kappa shape index (κ2) is 15.7. The first-order valence-electron chi connectivity index (χ1n) is 19.1. The van der Waals surface area contributed by atoms with Crippen molar-refractivity contribution in [3.8, 4) is 0 Å². The van der Waals surface area contributed by atoms with E-state index in [0.29, 0.717) is 44.6 Å². The maximum absolute atomic E-state index is 14.3. The average Bonchev–Trinajstić information content (AvgIpc) is 3.73. The maximum Gasteiger partial charge on any atom is 0.319 e. The van der Waals surface area contributed by atoms with Gasteiger partial charge in [-0.3, -0.25) is 19.3 Å². The molecule has 1 amide bonds. The molecular weight excluding hydrogens is 640 g/mol. The zero-order valence-corrected chi connectivity index (χ0v) is 32.4. The molecule has 50 heavy (non-hydrogen) atoms. The number of nitrogens with zero attached hydrogens (tertiary/aromatic N) is 3. The van der Waals surface area contributed by atoms with Gasteiger partial charge in [0.2, 0.25) is 5.91 Å². The van der Waals surface area contributed by atoms with Crippen molar-refractivity contribution in [2.75, 3.05) is 54.5 Å². The number of hydrogen-bond donors (Lipinski definition) is 2. The van der Waals surface area contributed by atoms with Crippen molar-refractivity contribution in [1.29, 1.82) is 0 Å². The van der Waals surface area contributed by atoms with Gasteiger partial charge in [0.15, 0.2) is 12.1 Å². The Morgan fingerprint density at radius 2 is 1.66 bits per heavy atom. The fraction of sp³-hybridized carbons (Fsp3) is 0.921. The van der Waals surface area contributed by atoms with Gasteiger partial charge in [0.25, 0.3) is 0 Å². The van der Waals surface area contributed by atoms with Gasteiger partial charge in [0, 0.05) is 68.7 Å². The van der Waals surface area contributed by atoms with Crippen molar-refractivity contribution in [2.45, 2.75) is 141 Å². The number of rotatable bonds is 8. The number of aliphatic hydroxyl groups is 1. The summed E-state index contributed by atoms with van der Waals surface area (Å²) in [4.78, 5) is 47.7. The lowest BCUT2D eigenvalue weighted by molar-refractivity contribution is -0.295. The molecule has 3 aliphatic heterocycles. The number of amides is 1. The predicted octanol–water partition coefficient (Wildman–Crippen LogP) is 2.70. The van der Waals surface area contributed by atoms with Gasteiger partial charge in [-0.1, -0.05) is 13.8 Å². The van der Waals surface area contributed by atoms with Crippen LogP contribution in [0.2, 0.25) is 0 Å². The molecule has 3 heterocycles. The molecule has 2 N–H and O–H groups in total. The van der Waals surface area contributed by atoms with Gasteiger partial charge in [-0.25, -0.2) is 0 Å². The van der Waals surface area contributed by atoms with E-state index in [1.54, 1.807) is 27.9 Å². The van der Waals surface area contributed by atoms with E-state index in [9.17, 15) is 19.5 Å². The van der Waals surface area contributed by atoms with E-state index in [0.717, 1.165) is 19.3 Å². The lowest BCUT2D eigenvalue weighted by Crippen LogP contribution is -2.60. The first kappa shape index (κ1) is 39.5. The Kier molecular flexibility index (Phi) is 12.4. The number of aliphatic hydroxyl groups excluding tert-OH is 1. The molecule has 5 fully saturated rings. The number of carbonyl (C=O) groups is 3. The zero-order valence-electron chi connectivity index (χ0n) is 32.4. The van der Waals surface area contributed by atoms with Gasteiger partial charge >= 0.3 is 5.97 Å². The van der Waals surface area contributed by atoms with Crippen molar-refractivity contribution in [2.24, 2.45) is 29.1 Å². The minimum absolute atomic E-state index is 0.0793. The topological polar surface area (TPSA) is 130 Å². The van der Waals surface area contributed by atoms with E-state index in [2.05, 4.69) is 24.2 Å². The van der Waals surface area contributed by atoms with Crippen LogP contribution in [0.3, 0.4) is 0 Å². The minimum Gasteiger partial charge on any atom is -0.463 e. The molecule has 3 saturated heterocycles. The first-order chi connectivity index (χ1) is 23.4. The van der Waals surface area contributed by atoms with Crippen LogP contribution in [0.25, 0.3) is 0 Å². The van der Waals surface area contributed by atoms with Crippen molar-refractivity contribution in [3.63, 3.8) is 0 Å². The third-order valence-electron chi connectivity index (χ3n) is 12.5. The van der Waals surface area contributed by atoms with Crippen molar-refractivity contribution < 1.29 is 38.4 Å². The first-order valence-corrected chi connectivity index (χ1v) is 19.1. The monoisotopic (exact) mass is 706 g/mol. The number of carbonyl (C=O) groups excluding carboxylic acids is 3. The van der Waals surface area contributed by atoms with Gasteiger partial charge in [-0.2, -0.15) is 0 Å². The van der Waals surface area contributed by atoms with Crippen LogP contribution in [0.1, 0.15) is 86.5 Å². The van der Waals surface area contributed by atoms with E-state index in [1.165, 1.54) is 12.8 Å². The largest absolute Gasteiger partial charge is 0.463 e. The van der Waals surface area contributed by atoms with Crippen LogP contribution >= 0.6 is 0 Å². The standard InChI is InChI=1S/C38H66N4O8/c1-22-17-38(6,47-10)33(50-35-31(43)29(40(7)8)15-23(2)49-35)24(3)32(44)37(4,5)36(46)48-21-30(41(9)18-22)26-19-42(20-26)34(45)25-11-12-28(16-25)39-27-13-14-27/h22-31,33,35,39,43H,11-21H2,1-10H3/t22-,23-,24+,25-,28?,29+,30+,31-,33-,35+,38-/m1/s1.